The molecule has 5 nitrogen and oxygen atoms in total. The highest BCUT2D eigenvalue weighted by Crippen LogP contribution is 2.28. The van der Waals surface area contributed by atoms with E-state index in [0.717, 1.165) is 22.0 Å². The minimum atomic E-state index is -0.370. The number of ether oxygens (including phenoxy) is 1. The summed E-state index contributed by atoms with van der Waals surface area (Å²) in [7, 11) is 0. The summed E-state index contributed by atoms with van der Waals surface area (Å²) in [5.41, 5.74) is 3.39. The largest absolute Gasteiger partial charge is 0.488 e. The van der Waals surface area contributed by atoms with Crippen LogP contribution in [0.2, 0.25) is 0 Å². The van der Waals surface area contributed by atoms with Crippen LogP contribution in [0, 0.1) is 6.92 Å². The first-order valence-electron chi connectivity index (χ1n) is 8.80. The SMILES string of the molecule is CCCN1C(=O)N/C(=C/c2ccc(OCc3ccc(C)cc3)c(Br)c2)C1=O. The Bertz CT molecular complexity index is 891. The molecule has 0 spiro atoms. The van der Waals surface area contributed by atoms with Crippen LogP contribution in [0.25, 0.3) is 6.08 Å². The lowest BCUT2D eigenvalue weighted by Crippen LogP contribution is -2.31. The number of hydrogen-bond acceptors (Lipinski definition) is 3. The van der Waals surface area contributed by atoms with Gasteiger partial charge in [-0.05, 0) is 58.6 Å². The average molecular weight is 429 g/mol. The van der Waals surface area contributed by atoms with E-state index in [9.17, 15) is 9.59 Å². The summed E-state index contributed by atoms with van der Waals surface area (Å²) in [6.45, 7) is 4.86. The van der Waals surface area contributed by atoms with Gasteiger partial charge in [0.05, 0.1) is 4.47 Å². The molecule has 140 valence electrons. The van der Waals surface area contributed by atoms with E-state index in [0.29, 0.717) is 18.9 Å². The van der Waals surface area contributed by atoms with Crippen LogP contribution in [0.5, 0.6) is 5.75 Å². The van der Waals surface area contributed by atoms with Crippen LogP contribution in [0.4, 0.5) is 4.79 Å². The molecule has 1 aliphatic rings. The fourth-order valence-electron chi connectivity index (χ4n) is 2.73. The Morgan fingerprint density at radius 2 is 1.89 bits per heavy atom. The van der Waals surface area contributed by atoms with Gasteiger partial charge in [0, 0.05) is 6.54 Å². The number of nitrogens with one attached hydrogen (secondary N) is 1. The number of benzene rings is 2. The first-order chi connectivity index (χ1) is 13.0. The van der Waals surface area contributed by atoms with Crippen molar-refractivity contribution in [1.82, 2.24) is 10.2 Å². The first-order valence-corrected chi connectivity index (χ1v) is 9.59. The number of hydrogen-bond donors (Lipinski definition) is 1. The van der Waals surface area contributed by atoms with Gasteiger partial charge in [-0.3, -0.25) is 9.69 Å². The zero-order valence-electron chi connectivity index (χ0n) is 15.3. The van der Waals surface area contributed by atoms with E-state index in [2.05, 4.69) is 33.4 Å². The summed E-state index contributed by atoms with van der Waals surface area (Å²) in [5, 5.41) is 2.62. The van der Waals surface area contributed by atoms with Gasteiger partial charge in [0.2, 0.25) is 0 Å². The minimum Gasteiger partial charge on any atom is -0.488 e. The van der Waals surface area contributed by atoms with Crippen LogP contribution in [0.3, 0.4) is 0 Å². The molecule has 1 N–H and O–H groups in total. The zero-order chi connectivity index (χ0) is 19.4. The lowest BCUT2D eigenvalue weighted by Gasteiger charge is -2.10. The van der Waals surface area contributed by atoms with Crippen LogP contribution in [0.1, 0.15) is 30.0 Å². The molecule has 0 bridgehead atoms. The molecule has 0 aromatic heterocycles. The summed E-state index contributed by atoms with van der Waals surface area (Å²) < 4.78 is 6.65. The van der Waals surface area contributed by atoms with Crippen LogP contribution in [-0.4, -0.2) is 23.4 Å². The molecule has 1 heterocycles. The van der Waals surface area contributed by atoms with E-state index in [1.807, 2.05) is 44.2 Å². The normalized spacial score (nSPS) is 15.4. The first kappa shape index (κ1) is 19.2. The van der Waals surface area contributed by atoms with Crippen LogP contribution in [0.15, 0.2) is 52.6 Å². The van der Waals surface area contributed by atoms with E-state index < -0.39 is 0 Å². The molecule has 0 aliphatic carbocycles. The van der Waals surface area contributed by atoms with Crippen molar-refractivity contribution in [3.05, 3.63) is 69.3 Å². The maximum absolute atomic E-state index is 12.3. The molecule has 1 saturated heterocycles. The molecule has 3 rings (SSSR count). The number of halogens is 1. The van der Waals surface area contributed by atoms with Gasteiger partial charge < -0.3 is 10.1 Å². The third-order valence-corrected chi connectivity index (χ3v) is 4.81. The van der Waals surface area contributed by atoms with Gasteiger partial charge in [-0.25, -0.2) is 4.79 Å². The van der Waals surface area contributed by atoms with Gasteiger partial charge in [0.15, 0.2) is 0 Å². The number of carbonyl (C=O) groups is 2. The summed E-state index contributed by atoms with van der Waals surface area (Å²) in [4.78, 5) is 25.4. The summed E-state index contributed by atoms with van der Waals surface area (Å²) in [5.74, 6) is 0.421. The molecule has 2 aromatic rings. The Balaban J connectivity index is 1.70. The molecule has 0 atom stereocenters. The van der Waals surface area contributed by atoms with E-state index in [4.69, 9.17) is 4.74 Å². The van der Waals surface area contributed by atoms with Gasteiger partial charge in [0.25, 0.3) is 5.91 Å². The molecule has 1 aliphatic heterocycles. The number of nitrogens with zero attached hydrogens (tertiary/aromatic N) is 1. The molecule has 27 heavy (non-hydrogen) atoms. The van der Waals surface area contributed by atoms with E-state index >= 15 is 0 Å². The third kappa shape index (κ3) is 4.57. The molecule has 2 aromatic carbocycles. The van der Waals surface area contributed by atoms with Crippen molar-refractivity contribution in [2.75, 3.05) is 6.54 Å². The quantitative estimate of drug-likeness (QED) is 0.538. The third-order valence-electron chi connectivity index (χ3n) is 4.19. The highest BCUT2D eigenvalue weighted by Gasteiger charge is 2.32. The van der Waals surface area contributed by atoms with Gasteiger partial charge in [-0.1, -0.05) is 42.8 Å². The van der Waals surface area contributed by atoms with Gasteiger partial charge in [-0.2, -0.15) is 0 Å². The molecular formula is C21H21BrN2O3. The number of carbonyl (C=O) groups excluding carboxylic acids is 2. The second-order valence-corrected chi connectivity index (χ2v) is 7.26. The maximum atomic E-state index is 12.3. The number of aryl methyl sites for hydroxylation is 1. The van der Waals surface area contributed by atoms with Gasteiger partial charge in [0.1, 0.15) is 18.1 Å². The fourth-order valence-corrected chi connectivity index (χ4v) is 3.25. The molecule has 3 amide bonds. The van der Waals surface area contributed by atoms with Crippen molar-refractivity contribution in [1.29, 1.82) is 0 Å². The van der Waals surface area contributed by atoms with Crippen molar-refractivity contribution < 1.29 is 14.3 Å². The second kappa shape index (κ2) is 8.39. The van der Waals surface area contributed by atoms with E-state index in [1.54, 1.807) is 6.08 Å². The van der Waals surface area contributed by atoms with Crippen molar-refractivity contribution in [2.24, 2.45) is 0 Å². The Morgan fingerprint density at radius 1 is 1.15 bits per heavy atom. The van der Waals surface area contributed by atoms with Crippen LogP contribution >= 0.6 is 15.9 Å². The van der Waals surface area contributed by atoms with E-state index in [1.165, 1.54) is 10.5 Å². The number of imide groups is 1. The Labute approximate surface area is 167 Å². The van der Waals surface area contributed by atoms with Crippen LogP contribution < -0.4 is 10.1 Å². The highest BCUT2D eigenvalue weighted by atomic mass is 79.9. The smallest absolute Gasteiger partial charge is 0.329 e. The summed E-state index contributed by atoms with van der Waals surface area (Å²) in [6.07, 6.45) is 2.40. The lowest BCUT2D eigenvalue weighted by atomic mass is 10.1. The Hall–Kier alpha value is -2.60. The van der Waals surface area contributed by atoms with Gasteiger partial charge >= 0.3 is 6.03 Å². The molecule has 0 saturated carbocycles. The number of rotatable bonds is 6. The monoisotopic (exact) mass is 428 g/mol. The molecule has 6 heteroatoms. The van der Waals surface area contributed by atoms with Crippen molar-refractivity contribution in [3.8, 4) is 5.75 Å². The van der Waals surface area contributed by atoms with E-state index in [-0.39, 0.29) is 17.6 Å². The van der Waals surface area contributed by atoms with Crippen molar-refractivity contribution in [3.63, 3.8) is 0 Å². The van der Waals surface area contributed by atoms with Gasteiger partial charge in [-0.15, -0.1) is 0 Å². The fraction of sp³-hybridized carbons (Fsp3) is 0.238. The Morgan fingerprint density at radius 3 is 2.56 bits per heavy atom. The summed E-state index contributed by atoms with van der Waals surface area (Å²) >= 11 is 3.51. The zero-order valence-corrected chi connectivity index (χ0v) is 16.9. The predicted molar refractivity (Wildman–Crippen MR) is 108 cm³/mol. The lowest BCUT2D eigenvalue weighted by molar-refractivity contribution is -0.122. The molecule has 0 unspecified atom stereocenters. The number of amides is 3. The topological polar surface area (TPSA) is 58.6 Å². The standard InChI is InChI=1S/C21H21BrN2O3/c1-3-10-24-20(25)18(23-21(24)26)12-16-8-9-19(17(22)11-16)27-13-15-6-4-14(2)5-7-15/h4-9,11-12H,3,10,13H2,1-2H3,(H,23,26)/b18-12+. The van der Waals surface area contributed by atoms with Crippen LogP contribution in [-0.2, 0) is 11.4 Å². The maximum Gasteiger partial charge on any atom is 0.329 e. The second-order valence-electron chi connectivity index (χ2n) is 6.41. The number of urea groups is 1. The minimum absolute atomic E-state index is 0.286. The molecule has 1 fully saturated rings. The summed E-state index contributed by atoms with van der Waals surface area (Å²) in [6, 6.07) is 13.4. The highest BCUT2D eigenvalue weighted by molar-refractivity contribution is 9.10. The molecule has 0 radical (unpaired) electrons. The predicted octanol–water partition coefficient (Wildman–Crippen LogP) is 4.64. The average Bonchev–Trinajstić information content (AvgIpc) is 2.90. The van der Waals surface area contributed by atoms with Crippen molar-refractivity contribution >= 4 is 33.9 Å². The van der Waals surface area contributed by atoms with Crippen molar-refractivity contribution in [2.45, 2.75) is 26.9 Å². The Kier molecular flexibility index (Phi) is 5.96. The molecular weight excluding hydrogens is 408 g/mol.